The first-order valence-corrected chi connectivity index (χ1v) is 11.7. The molecule has 1 saturated heterocycles. The Morgan fingerprint density at radius 1 is 1.03 bits per heavy atom. The number of nitrogens with zero attached hydrogens (tertiary/aromatic N) is 3. The molecule has 3 rings (SSSR count). The molecular weight excluding hydrogens is 386 g/mol. The number of carbonyl (C=O) groups excluding carboxylic acids is 1. The highest BCUT2D eigenvalue weighted by Gasteiger charge is 2.33. The topological polar surface area (TPSA) is 60.9 Å². The van der Waals surface area contributed by atoms with Gasteiger partial charge in [0.05, 0.1) is 11.9 Å². The molecule has 29 heavy (non-hydrogen) atoms. The highest BCUT2D eigenvalue weighted by Crippen LogP contribution is 2.23. The molecule has 1 amide bonds. The fraction of sp³-hybridized carbons (Fsp3) is 0.409. The van der Waals surface area contributed by atoms with Gasteiger partial charge in [-0.3, -0.25) is 14.0 Å². The SMILES string of the molecule is Cc1cccc(N([C@H](C)C(=O)N2CCN(Cc3ccccc3)CC2)S(C)(=O)=O)c1. The largest absolute Gasteiger partial charge is 0.338 e. The van der Waals surface area contributed by atoms with Gasteiger partial charge in [-0.25, -0.2) is 8.42 Å². The molecular formula is C22H29N3O3S. The van der Waals surface area contributed by atoms with Gasteiger partial charge in [0.1, 0.15) is 6.04 Å². The van der Waals surface area contributed by atoms with Crippen LogP contribution < -0.4 is 4.31 Å². The van der Waals surface area contributed by atoms with Crippen LogP contribution >= 0.6 is 0 Å². The molecule has 2 aromatic rings. The lowest BCUT2D eigenvalue weighted by Crippen LogP contribution is -2.55. The first-order valence-electron chi connectivity index (χ1n) is 9.87. The van der Waals surface area contributed by atoms with Crippen LogP contribution in [0.5, 0.6) is 0 Å². The van der Waals surface area contributed by atoms with Crippen molar-refractivity contribution < 1.29 is 13.2 Å². The molecule has 0 aromatic heterocycles. The normalized spacial score (nSPS) is 16.4. The average Bonchev–Trinajstić information content (AvgIpc) is 2.68. The van der Waals surface area contributed by atoms with E-state index in [-0.39, 0.29) is 5.91 Å². The molecule has 1 aliphatic heterocycles. The predicted molar refractivity (Wildman–Crippen MR) is 116 cm³/mol. The van der Waals surface area contributed by atoms with Gasteiger partial charge in [0, 0.05) is 32.7 Å². The summed E-state index contributed by atoms with van der Waals surface area (Å²) < 4.78 is 26.2. The molecule has 2 aromatic carbocycles. The molecule has 1 atom stereocenters. The summed E-state index contributed by atoms with van der Waals surface area (Å²) in [5.74, 6) is -0.156. The Bertz CT molecular complexity index is 939. The van der Waals surface area contributed by atoms with Crippen molar-refractivity contribution in [3.8, 4) is 0 Å². The summed E-state index contributed by atoms with van der Waals surface area (Å²) in [4.78, 5) is 17.2. The van der Waals surface area contributed by atoms with Crippen LogP contribution in [-0.2, 0) is 21.4 Å². The standard InChI is InChI=1S/C22H29N3O3S/c1-18-8-7-11-21(16-18)25(29(3,27)28)19(2)22(26)24-14-12-23(13-15-24)17-20-9-5-4-6-10-20/h4-11,16,19H,12-15,17H2,1-3H3/t19-/m1/s1. The van der Waals surface area contributed by atoms with Crippen molar-refractivity contribution in [3.05, 3.63) is 65.7 Å². The lowest BCUT2D eigenvalue weighted by Gasteiger charge is -2.38. The molecule has 0 bridgehead atoms. The van der Waals surface area contributed by atoms with E-state index in [4.69, 9.17) is 0 Å². The van der Waals surface area contributed by atoms with Gasteiger partial charge in [0.25, 0.3) is 0 Å². The molecule has 1 aliphatic rings. The van der Waals surface area contributed by atoms with E-state index in [9.17, 15) is 13.2 Å². The summed E-state index contributed by atoms with van der Waals surface area (Å²) >= 11 is 0. The maximum Gasteiger partial charge on any atom is 0.246 e. The van der Waals surface area contributed by atoms with Crippen LogP contribution in [0, 0.1) is 6.92 Å². The van der Waals surface area contributed by atoms with E-state index in [1.165, 1.54) is 9.87 Å². The van der Waals surface area contributed by atoms with Gasteiger partial charge in [0.15, 0.2) is 0 Å². The third-order valence-electron chi connectivity index (χ3n) is 5.26. The maximum atomic E-state index is 13.1. The number of sulfonamides is 1. The van der Waals surface area contributed by atoms with Gasteiger partial charge in [-0.05, 0) is 37.1 Å². The number of anilines is 1. The summed E-state index contributed by atoms with van der Waals surface area (Å²) in [7, 11) is -3.59. The smallest absolute Gasteiger partial charge is 0.246 e. The minimum Gasteiger partial charge on any atom is -0.338 e. The number of amides is 1. The predicted octanol–water partition coefficient (Wildman–Crippen LogP) is 2.49. The minimum absolute atomic E-state index is 0.156. The zero-order chi connectivity index (χ0) is 21.0. The van der Waals surface area contributed by atoms with Crippen molar-refractivity contribution in [1.82, 2.24) is 9.80 Å². The number of rotatable bonds is 6. The monoisotopic (exact) mass is 415 g/mol. The van der Waals surface area contributed by atoms with Crippen LogP contribution in [0.2, 0.25) is 0 Å². The summed E-state index contributed by atoms with van der Waals surface area (Å²) in [5.41, 5.74) is 2.73. The Morgan fingerprint density at radius 3 is 2.28 bits per heavy atom. The second-order valence-corrected chi connectivity index (χ2v) is 9.52. The molecule has 0 saturated carbocycles. The van der Waals surface area contributed by atoms with E-state index >= 15 is 0 Å². The number of carbonyl (C=O) groups is 1. The number of hydrogen-bond acceptors (Lipinski definition) is 4. The first-order chi connectivity index (χ1) is 13.8. The number of aryl methyl sites for hydroxylation is 1. The van der Waals surface area contributed by atoms with Crippen molar-refractivity contribution >= 4 is 21.6 Å². The lowest BCUT2D eigenvalue weighted by molar-refractivity contribution is -0.133. The van der Waals surface area contributed by atoms with Crippen LogP contribution in [0.15, 0.2) is 54.6 Å². The molecule has 0 aliphatic carbocycles. The second kappa shape index (κ2) is 8.97. The minimum atomic E-state index is -3.59. The highest BCUT2D eigenvalue weighted by atomic mass is 32.2. The van der Waals surface area contributed by atoms with Gasteiger partial charge in [-0.1, -0.05) is 42.5 Å². The van der Waals surface area contributed by atoms with Crippen molar-refractivity contribution in [1.29, 1.82) is 0 Å². The number of hydrogen-bond donors (Lipinski definition) is 0. The number of piperazine rings is 1. The molecule has 0 unspecified atom stereocenters. The molecule has 7 heteroatoms. The highest BCUT2D eigenvalue weighted by molar-refractivity contribution is 7.92. The second-order valence-electron chi connectivity index (χ2n) is 7.66. The molecule has 1 fully saturated rings. The van der Waals surface area contributed by atoms with E-state index in [2.05, 4.69) is 17.0 Å². The van der Waals surface area contributed by atoms with Crippen LogP contribution in [0.4, 0.5) is 5.69 Å². The first kappa shape index (κ1) is 21.3. The quantitative estimate of drug-likeness (QED) is 0.727. The lowest BCUT2D eigenvalue weighted by atomic mass is 10.1. The van der Waals surface area contributed by atoms with Gasteiger partial charge in [-0.2, -0.15) is 0 Å². The van der Waals surface area contributed by atoms with E-state index in [0.29, 0.717) is 18.8 Å². The summed E-state index contributed by atoms with van der Waals surface area (Å²) in [6.45, 7) is 7.18. The van der Waals surface area contributed by atoms with Crippen molar-refractivity contribution in [2.24, 2.45) is 0 Å². The Balaban J connectivity index is 1.67. The molecule has 0 radical (unpaired) electrons. The summed E-state index contributed by atoms with van der Waals surface area (Å²) in [5, 5.41) is 0. The van der Waals surface area contributed by atoms with Crippen LogP contribution in [0.3, 0.4) is 0 Å². The van der Waals surface area contributed by atoms with E-state index in [1.807, 2.05) is 37.3 Å². The third kappa shape index (κ3) is 5.36. The Morgan fingerprint density at radius 2 is 1.69 bits per heavy atom. The maximum absolute atomic E-state index is 13.1. The molecule has 0 spiro atoms. The summed E-state index contributed by atoms with van der Waals surface area (Å²) in [6.07, 6.45) is 1.15. The van der Waals surface area contributed by atoms with Gasteiger partial charge >= 0.3 is 0 Å². The van der Waals surface area contributed by atoms with Crippen molar-refractivity contribution in [2.45, 2.75) is 26.4 Å². The Kier molecular flexibility index (Phi) is 6.59. The van der Waals surface area contributed by atoms with Crippen LogP contribution in [0.25, 0.3) is 0 Å². The van der Waals surface area contributed by atoms with Crippen LogP contribution in [0.1, 0.15) is 18.1 Å². The zero-order valence-electron chi connectivity index (χ0n) is 17.3. The zero-order valence-corrected chi connectivity index (χ0v) is 18.1. The van der Waals surface area contributed by atoms with Crippen LogP contribution in [-0.4, -0.2) is 62.6 Å². The van der Waals surface area contributed by atoms with E-state index in [1.54, 1.807) is 24.0 Å². The van der Waals surface area contributed by atoms with Crippen molar-refractivity contribution in [3.63, 3.8) is 0 Å². The Hall–Kier alpha value is -2.38. The fourth-order valence-corrected chi connectivity index (χ4v) is 4.96. The van der Waals surface area contributed by atoms with Gasteiger partial charge in [-0.15, -0.1) is 0 Å². The van der Waals surface area contributed by atoms with Gasteiger partial charge in [0.2, 0.25) is 15.9 Å². The van der Waals surface area contributed by atoms with E-state index < -0.39 is 16.1 Å². The van der Waals surface area contributed by atoms with E-state index in [0.717, 1.165) is 31.5 Å². The molecule has 1 heterocycles. The van der Waals surface area contributed by atoms with Gasteiger partial charge < -0.3 is 4.90 Å². The molecule has 6 nitrogen and oxygen atoms in total. The third-order valence-corrected chi connectivity index (χ3v) is 6.50. The molecule has 156 valence electrons. The average molecular weight is 416 g/mol. The number of benzene rings is 2. The Labute approximate surface area is 173 Å². The van der Waals surface area contributed by atoms with Crippen molar-refractivity contribution in [2.75, 3.05) is 36.7 Å². The summed E-state index contributed by atoms with van der Waals surface area (Å²) in [6, 6.07) is 16.7. The molecule has 0 N–H and O–H groups in total. The fourth-order valence-electron chi connectivity index (χ4n) is 3.80.